The minimum absolute atomic E-state index is 0.709. The molecule has 0 aliphatic rings. The van der Waals surface area contributed by atoms with Crippen molar-refractivity contribution in [3.05, 3.63) is 42.0 Å². The molecule has 0 spiro atoms. The van der Waals surface area contributed by atoms with Gasteiger partial charge in [0.15, 0.2) is 0 Å². The van der Waals surface area contributed by atoms with E-state index in [1.54, 1.807) is 0 Å². The van der Waals surface area contributed by atoms with E-state index in [1.165, 1.54) is 5.56 Å². The number of benzene rings is 1. The highest BCUT2D eigenvalue weighted by Gasteiger charge is 1.97. The highest BCUT2D eigenvalue weighted by molar-refractivity contribution is 5.28. The molecule has 2 heteroatoms. The van der Waals surface area contributed by atoms with E-state index in [0.717, 1.165) is 37.3 Å². The molecule has 1 aromatic carbocycles. The first-order chi connectivity index (χ1) is 8.22. The minimum atomic E-state index is 0.709. The van der Waals surface area contributed by atoms with Crippen LogP contribution in [0, 0.1) is 0 Å². The van der Waals surface area contributed by atoms with Crippen molar-refractivity contribution in [3.8, 4) is 5.75 Å². The van der Waals surface area contributed by atoms with Crippen LogP contribution in [0.2, 0.25) is 0 Å². The Morgan fingerprint density at radius 3 is 2.94 bits per heavy atom. The molecule has 0 atom stereocenters. The molecule has 0 aliphatic heterocycles. The highest BCUT2D eigenvalue weighted by atomic mass is 16.5. The molecule has 0 bridgehead atoms. The van der Waals surface area contributed by atoms with Gasteiger partial charge >= 0.3 is 0 Å². The largest absolute Gasteiger partial charge is 0.493 e. The number of rotatable bonds is 8. The molecule has 0 radical (unpaired) electrons. The number of nitrogens with one attached hydrogen (secondary N) is 1. The van der Waals surface area contributed by atoms with Gasteiger partial charge in [0, 0.05) is 13.0 Å². The van der Waals surface area contributed by atoms with E-state index >= 15 is 0 Å². The second-order valence-electron chi connectivity index (χ2n) is 4.38. The Hall–Kier alpha value is -1.28. The van der Waals surface area contributed by atoms with Crippen LogP contribution in [-0.4, -0.2) is 13.2 Å². The van der Waals surface area contributed by atoms with Crippen LogP contribution < -0.4 is 10.1 Å². The molecule has 0 aromatic heterocycles. The SMILES string of the molecule is C=C(C)CCOc1cccc(CNCCC)c1. The number of hydrogen-bond donors (Lipinski definition) is 1. The van der Waals surface area contributed by atoms with Gasteiger partial charge < -0.3 is 10.1 Å². The average molecular weight is 233 g/mol. The summed E-state index contributed by atoms with van der Waals surface area (Å²) < 4.78 is 5.68. The third kappa shape index (κ3) is 6.12. The molecule has 0 heterocycles. The van der Waals surface area contributed by atoms with E-state index in [4.69, 9.17) is 4.74 Å². The van der Waals surface area contributed by atoms with E-state index in [0.29, 0.717) is 6.61 Å². The van der Waals surface area contributed by atoms with Gasteiger partial charge in [-0.25, -0.2) is 0 Å². The van der Waals surface area contributed by atoms with Crippen LogP contribution in [0.15, 0.2) is 36.4 Å². The fourth-order valence-corrected chi connectivity index (χ4v) is 1.50. The van der Waals surface area contributed by atoms with Crippen LogP contribution in [0.4, 0.5) is 0 Å². The zero-order chi connectivity index (χ0) is 12.5. The Kier molecular flexibility index (Phi) is 6.41. The lowest BCUT2D eigenvalue weighted by molar-refractivity contribution is 0.321. The molecule has 0 saturated carbocycles. The molecule has 0 fully saturated rings. The Morgan fingerprint density at radius 1 is 1.41 bits per heavy atom. The van der Waals surface area contributed by atoms with Crippen LogP contribution >= 0.6 is 0 Å². The van der Waals surface area contributed by atoms with E-state index in [9.17, 15) is 0 Å². The lowest BCUT2D eigenvalue weighted by atomic mass is 10.2. The zero-order valence-corrected chi connectivity index (χ0v) is 11.0. The summed E-state index contributed by atoms with van der Waals surface area (Å²) in [7, 11) is 0. The van der Waals surface area contributed by atoms with Crippen molar-refractivity contribution < 1.29 is 4.74 Å². The van der Waals surface area contributed by atoms with Crippen LogP contribution in [0.25, 0.3) is 0 Å². The van der Waals surface area contributed by atoms with E-state index in [-0.39, 0.29) is 0 Å². The van der Waals surface area contributed by atoms with Crippen molar-refractivity contribution in [2.45, 2.75) is 33.2 Å². The van der Waals surface area contributed by atoms with Crippen molar-refractivity contribution >= 4 is 0 Å². The molecule has 1 aromatic rings. The first-order valence-electron chi connectivity index (χ1n) is 6.29. The van der Waals surface area contributed by atoms with E-state index in [2.05, 4.69) is 31.0 Å². The third-order valence-electron chi connectivity index (χ3n) is 2.45. The van der Waals surface area contributed by atoms with Crippen LogP contribution in [0.1, 0.15) is 32.3 Å². The Labute approximate surface area is 105 Å². The van der Waals surface area contributed by atoms with Crippen LogP contribution in [0.5, 0.6) is 5.75 Å². The van der Waals surface area contributed by atoms with Gasteiger partial charge in [0.2, 0.25) is 0 Å². The standard InChI is InChI=1S/C15H23NO/c1-4-9-16-12-14-6-5-7-15(11-14)17-10-8-13(2)3/h5-7,11,16H,2,4,8-10,12H2,1,3H3. The van der Waals surface area contributed by atoms with Gasteiger partial charge in [-0.1, -0.05) is 24.6 Å². The summed E-state index contributed by atoms with van der Waals surface area (Å²) in [5, 5.41) is 3.38. The van der Waals surface area contributed by atoms with Gasteiger partial charge in [0.25, 0.3) is 0 Å². The van der Waals surface area contributed by atoms with Gasteiger partial charge in [0.05, 0.1) is 6.61 Å². The Balaban J connectivity index is 2.39. The molecule has 0 unspecified atom stereocenters. The summed E-state index contributed by atoms with van der Waals surface area (Å²) in [6.45, 7) is 10.7. The average Bonchev–Trinajstić information content (AvgIpc) is 2.29. The Morgan fingerprint density at radius 2 is 2.24 bits per heavy atom. The topological polar surface area (TPSA) is 21.3 Å². The first-order valence-corrected chi connectivity index (χ1v) is 6.29. The summed E-state index contributed by atoms with van der Waals surface area (Å²) in [6.07, 6.45) is 2.08. The van der Waals surface area contributed by atoms with Gasteiger partial charge in [-0.2, -0.15) is 0 Å². The fourth-order valence-electron chi connectivity index (χ4n) is 1.50. The monoisotopic (exact) mass is 233 g/mol. The molecule has 0 amide bonds. The maximum atomic E-state index is 5.68. The molecule has 1 rings (SSSR count). The van der Waals surface area contributed by atoms with Gasteiger partial charge in [-0.05, 0) is 37.6 Å². The summed E-state index contributed by atoms with van der Waals surface area (Å²) >= 11 is 0. The normalized spacial score (nSPS) is 10.2. The van der Waals surface area contributed by atoms with Crippen LogP contribution in [0.3, 0.4) is 0 Å². The molecular formula is C15H23NO. The van der Waals surface area contributed by atoms with Crippen molar-refractivity contribution in [2.24, 2.45) is 0 Å². The predicted octanol–water partition coefficient (Wildman–Crippen LogP) is 3.53. The second-order valence-corrected chi connectivity index (χ2v) is 4.38. The summed E-state index contributed by atoms with van der Waals surface area (Å²) in [4.78, 5) is 0. The molecule has 2 nitrogen and oxygen atoms in total. The molecular weight excluding hydrogens is 210 g/mol. The Bertz CT molecular complexity index is 347. The van der Waals surface area contributed by atoms with E-state index < -0.39 is 0 Å². The van der Waals surface area contributed by atoms with Crippen molar-refractivity contribution in [1.82, 2.24) is 5.32 Å². The summed E-state index contributed by atoms with van der Waals surface area (Å²) in [5.41, 5.74) is 2.43. The fraction of sp³-hybridized carbons (Fsp3) is 0.467. The quantitative estimate of drug-likeness (QED) is 0.548. The smallest absolute Gasteiger partial charge is 0.119 e. The van der Waals surface area contributed by atoms with Crippen molar-refractivity contribution in [2.75, 3.05) is 13.2 Å². The van der Waals surface area contributed by atoms with Gasteiger partial charge in [0.1, 0.15) is 5.75 Å². The number of ether oxygens (including phenoxy) is 1. The maximum absolute atomic E-state index is 5.68. The third-order valence-corrected chi connectivity index (χ3v) is 2.45. The van der Waals surface area contributed by atoms with Gasteiger partial charge in [-0.15, -0.1) is 6.58 Å². The molecule has 0 aliphatic carbocycles. The van der Waals surface area contributed by atoms with Crippen LogP contribution in [-0.2, 0) is 6.54 Å². The second kappa shape index (κ2) is 7.91. The van der Waals surface area contributed by atoms with Gasteiger partial charge in [-0.3, -0.25) is 0 Å². The molecule has 94 valence electrons. The lowest BCUT2D eigenvalue weighted by Crippen LogP contribution is -2.13. The minimum Gasteiger partial charge on any atom is -0.493 e. The first kappa shape index (κ1) is 13.8. The zero-order valence-electron chi connectivity index (χ0n) is 11.0. The highest BCUT2D eigenvalue weighted by Crippen LogP contribution is 2.14. The molecule has 0 saturated heterocycles. The predicted molar refractivity (Wildman–Crippen MR) is 73.4 cm³/mol. The molecule has 17 heavy (non-hydrogen) atoms. The summed E-state index contributed by atoms with van der Waals surface area (Å²) in [5.74, 6) is 0.946. The van der Waals surface area contributed by atoms with Crippen molar-refractivity contribution in [3.63, 3.8) is 0 Å². The maximum Gasteiger partial charge on any atom is 0.119 e. The summed E-state index contributed by atoms with van der Waals surface area (Å²) in [6, 6.07) is 8.26. The number of hydrogen-bond acceptors (Lipinski definition) is 2. The van der Waals surface area contributed by atoms with Crippen molar-refractivity contribution in [1.29, 1.82) is 0 Å². The molecule has 1 N–H and O–H groups in total. The van der Waals surface area contributed by atoms with E-state index in [1.807, 2.05) is 19.1 Å². The lowest BCUT2D eigenvalue weighted by Gasteiger charge is -2.08.